The number of rotatable bonds is 6. The molecule has 25 heavy (non-hydrogen) atoms. The molecule has 2 rings (SSSR count). The highest BCUT2D eigenvalue weighted by molar-refractivity contribution is 5.83. The number of carbonyl (C=O) groups excluding carboxylic acids is 2. The van der Waals surface area contributed by atoms with E-state index in [1.165, 1.54) is 16.8 Å². The number of nitriles is 1. The predicted molar refractivity (Wildman–Crippen MR) is 92.6 cm³/mol. The number of ether oxygens (including phenoxy) is 1. The molecule has 0 aliphatic carbocycles. The van der Waals surface area contributed by atoms with Crippen LogP contribution in [0.1, 0.15) is 5.56 Å². The van der Waals surface area contributed by atoms with E-state index in [2.05, 4.69) is 0 Å². The third-order valence-electron chi connectivity index (χ3n) is 3.46. The highest BCUT2D eigenvalue weighted by Crippen LogP contribution is 2.10. The molecule has 0 radical (unpaired) electrons. The number of para-hydroxylation sites is 1. The molecule has 0 aromatic heterocycles. The molecule has 0 aliphatic rings. The van der Waals surface area contributed by atoms with Gasteiger partial charge >= 0.3 is 6.09 Å². The van der Waals surface area contributed by atoms with Crippen LogP contribution in [0.3, 0.4) is 0 Å². The van der Waals surface area contributed by atoms with E-state index < -0.39 is 6.09 Å². The Morgan fingerprint density at radius 1 is 1.04 bits per heavy atom. The Morgan fingerprint density at radius 3 is 2.24 bits per heavy atom. The Balaban J connectivity index is 1.95. The molecule has 0 N–H and O–H groups in total. The summed E-state index contributed by atoms with van der Waals surface area (Å²) in [6, 6.07) is 20.0. The van der Waals surface area contributed by atoms with Crippen LogP contribution in [0.4, 0.5) is 4.79 Å². The second-order valence-electron chi connectivity index (χ2n) is 5.43. The maximum Gasteiger partial charge on any atom is 0.415 e. The van der Waals surface area contributed by atoms with Crippen molar-refractivity contribution in [1.29, 1.82) is 5.26 Å². The van der Waals surface area contributed by atoms with Crippen LogP contribution in [-0.2, 0) is 11.3 Å². The molecule has 0 fully saturated rings. The van der Waals surface area contributed by atoms with Gasteiger partial charge in [0.2, 0.25) is 5.91 Å². The fourth-order valence-corrected chi connectivity index (χ4v) is 2.16. The van der Waals surface area contributed by atoms with Gasteiger partial charge in [-0.1, -0.05) is 48.5 Å². The summed E-state index contributed by atoms with van der Waals surface area (Å²) in [5, 5.41) is 8.95. The number of benzene rings is 2. The minimum absolute atomic E-state index is 0.0463. The maximum atomic E-state index is 12.4. The third-order valence-corrected chi connectivity index (χ3v) is 3.46. The van der Waals surface area contributed by atoms with Crippen LogP contribution in [0.5, 0.6) is 5.75 Å². The first-order chi connectivity index (χ1) is 12.1. The molecular weight excluding hydrogens is 318 g/mol. The molecule has 2 amide bonds. The van der Waals surface area contributed by atoms with Crippen molar-refractivity contribution < 1.29 is 14.3 Å². The Labute approximate surface area is 146 Å². The SMILES string of the molecule is CN(CC(=O)N(CC#N)Cc1ccccc1)C(=O)Oc1ccccc1. The number of carbonyl (C=O) groups is 2. The van der Waals surface area contributed by atoms with Gasteiger partial charge in [0.25, 0.3) is 0 Å². The van der Waals surface area contributed by atoms with Gasteiger partial charge in [-0.15, -0.1) is 0 Å². The molecule has 6 heteroatoms. The van der Waals surface area contributed by atoms with E-state index >= 15 is 0 Å². The van der Waals surface area contributed by atoms with E-state index in [1.807, 2.05) is 42.5 Å². The van der Waals surface area contributed by atoms with E-state index in [-0.39, 0.29) is 19.0 Å². The largest absolute Gasteiger partial charge is 0.415 e. The van der Waals surface area contributed by atoms with Gasteiger partial charge in [0.15, 0.2) is 0 Å². The lowest BCUT2D eigenvalue weighted by Gasteiger charge is -2.23. The molecule has 2 aromatic rings. The lowest BCUT2D eigenvalue weighted by atomic mass is 10.2. The molecule has 0 spiro atoms. The fraction of sp³-hybridized carbons (Fsp3) is 0.211. The topological polar surface area (TPSA) is 73.6 Å². The van der Waals surface area contributed by atoms with Gasteiger partial charge in [-0.2, -0.15) is 5.26 Å². The Bertz CT molecular complexity index is 742. The van der Waals surface area contributed by atoms with Crippen LogP contribution < -0.4 is 4.74 Å². The summed E-state index contributed by atoms with van der Waals surface area (Å²) in [5.74, 6) is 0.0860. The van der Waals surface area contributed by atoms with E-state index in [1.54, 1.807) is 24.3 Å². The van der Waals surface area contributed by atoms with Gasteiger partial charge in [-0.3, -0.25) is 4.79 Å². The Kier molecular flexibility index (Phi) is 6.55. The highest BCUT2D eigenvalue weighted by Gasteiger charge is 2.20. The van der Waals surface area contributed by atoms with Crippen LogP contribution in [0, 0.1) is 11.3 Å². The minimum atomic E-state index is -0.629. The summed E-state index contributed by atoms with van der Waals surface area (Å²) in [7, 11) is 1.48. The molecule has 0 saturated carbocycles. The van der Waals surface area contributed by atoms with Crippen LogP contribution in [0.25, 0.3) is 0 Å². The summed E-state index contributed by atoms with van der Waals surface area (Å²) in [6.07, 6.45) is -0.629. The number of hydrogen-bond donors (Lipinski definition) is 0. The molecule has 128 valence electrons. The zero-order valence-corrected chi connectivity index (χ0v) is 14.0. The zero-order chi connectivity index (χ0) is 18.1. The molecule has 6 nitrogen and oxygen atoms in total. The second-order valence-corrected chi connectivity index (χ2v) is 5.43. The smallest absolute Gasteiger partial charge is 0.410 e. The normalized spacial score (nSPS) is 9.76. The van der Waals surface area contributed by atoms with Gasteiger partial charge in [-0.05, 0) is 17.7 Å². The van der Waals surface area contributed by atoms with Gasteiger partial charge in [0, 0.05) is 13.6 Å². The average molecular weight is 337 g/mol. The van der Waals surface area contributed by atoms with Crippen molar-refractivity contribution in [2.45, 2.75) is 6.54 Å². The van der Waals surface area contributed by atoms with Crippen molar-refractivity contribution in [1.82, 2.24) is 9.80 Å². The van der Waals surface area contributed by atoms with Crippen molar-refractivity contribution in [3.8, 4) is 11.8 Å². The summed E-state index contributed by atoms with van der Waals surface area (Å²) < 4.78 is 5.19. The predicted octanol–water partition coefficient (Wildman–Crippen LogP) is 2.67. The van der Waals surface area contributed by atoms with Crippen molar-refractivity contribution >= 4 is 12.0 Å². The fourth-order valence-electron chi connectivity index (χ4n) is 2.16. The van der Waals surface area contributed by atoms with Crippen molar-refractivity contribution in [3.05, 3.63) is 66.2 Å². The molecule has 0 heterocycles. The molecule has 0 aliphatic heterocycles. The Hall–Kier alpha value is -3.33. The number of hydrogen-bond acceptors (Lipinski definition) is 4. The third kappa shape index (κ3) is 5.66. The number of nitrogens with zero attached hydrogens (tertiary/aromatic N) is 3. The molecule has 0 bridgehead atoms. The second kappa shape index (κ2) is 9.08. The first-order valence-corrected chi connectivity index (χ1v) is 7.77. The monoisotopic (exact) mass is 337 g/mol. The van der Waals surface area contributed by atoms with Gasteiger partial charge in [0.1, 0.15) is 18.8 Å². The van der Waals surface area contributed by atoms with Crippen LogP contribution in [0.2, 0.25) is 0 Å². The zero-order valence-electron chi connectivity index (χ0n) is 14.0. The van der Waals surface area contributed by atoms with E-state index in [4.69, 9.17) is 10.00 Å². The summed E-state index contributed by atoms with van der Waals surface area (Å²) in [4.78, 5) is 27.1. The summed E-state index contributed by atoms with van der Waals surface area (Å²) >= 11 is 0. The minimum Gasteiger partial charge on any atom is -0.410 e. The highest BCUT2D eigenvalue weighted by atomic mass is 16.6. The van der Waals surface area contributed by atoms with Crippen LogP contribution in [0.15, 0.2) is 60.7 Å². The molecule has 0 unspecified atom stereocenters. The maximum absolute atomic E-state index is 12.4. The quantitative estimate of drug-likeness (QED) is 0.760. The standard InChI is InChI=1S/C19H19N3O3/c1-21(19(24)25-17-10-6-3-7-11-17)15-18(23)22(13-12-20)14-16-8-4-2-5-9-16/h2-11H,13-15H2,1H3. The molecule has 0 saturated heterocycles. The lowest BCUT2D eigenvalue weighted by Crippen LogP contribution is -2.42. The first-order valence-electron chi connectivity index (χ1n) is 7.77. The number of amides is 2. The summed E-state index contributed by atoms with van der Waals surface area (Å²) in [5.41, 5.74) is 0.917. The molecule has 2 aromatic carbocycles. The number of likely N-dealkylation sites (N-methyl/N-ethyl adjacent to an activating group) is 1. The van der Waals surface area contributed by atoms with Crippen molar-refractivity contribution in [2.75, 3.05) is 20.1 Å². The van der Waals surface area contributed by atoms with Crippen LogP contribution >= 0.6 is 0 Å². The molecular formula is C19H19N3O3. The Morgan fingerprint density at radius 2 is 1.64 bits per heavy atom. The van der Waals surface area contributed by atoms with Crippen LogP contribution in [-0.4, -0.2) is 41.9 Å². The van der Waals surface area contributed by atoms with Gasteiger partial charge < -0.3 is 14.5 Å². The molecule has 0 atom stereocenters. The average Bonchev–Trinajstić information content (AvgIpc) is 2.63. The van der Waals surface area contributed by atoms with E-state index in [9.17, 15) is 9.59 Å². The lowest BCUT2D eigenvalue weighted by molar-refractivity contribution is -0.131. The first kappa shape index (κ1) is 18.0. The van der Waals surface area contributed by atoms with E-state index in [0.717, 1.165) is 5.56 Å². The van der Waals surface area contributed by atoms with E-state index in [0.29, 0.717) is 12.3 Å². The van der Waals surface area contributed by atoms with Gasteiger partial charge in [-0.25, -0.2) is 4.79 Å². The van der Waals surface area contributed by atoms with Crippen molar-refractivity contribution in [3.63, 3.8) is 0 Å². The summed E-state index contributed by atoms with van der Waals surface area (Å²) in [6.45, 7) is 0.101. The van der Waals surface area contributed by atoms with Gasteiger partial charge in [0.05, 0.1) is 6.07 Å². The van der Waals surface area contributed by atoms with Crippen molar-refractivity contribution in [2.24, 2.45) is 0 Å².